The molecule has 0 saturated heterocycles. The van der Waals surface area contributed by atoms with E-state index < -0.39 is 0 Å². The van der Waals surface area contributed by atoms with Crippen molar-refractivity contribution in [2.75, 3.05) is 0 Å². The zero-order valence-electron chi connectivity index (χ0n) is 11.9. The van der Waals surface area contributed by atoms with Gasteiger partial charge in [-0.2, -0.15) is 0 Å². The predicted molar refractivity (Wildman–Crippen MR) is 84.1 cm³/mol. The van der Waals surface area contributed by atoms with Crippen LogP contribution in [0.25, 0.3) is 0 Å². The van der Waals surface area contributed by atoms with Gasteiger partial charge in [0.05, 0.1) is 0 Å². The highest BCUT2D eigenvalue weighted by Crippen LogP contribution is 2.24. The van der Waals surface area contributed by atoms with Crippen LogP contribution in [-0.4, -0.2) is 0 Å². The van der Waals surface area contributed by atoms with Crippen LogP contribution < -0.4 is 0 Å². The fourth-order valence-corrected chi connectivity index (χ4v) is 2.56. The van der Waals surface area contributed by atoms with E-state index in [2.05, 4.69) is 57.2 Å². The minimum Gasteiger partial charge on any atom is -0.0843 e. The molecule has 0 amide bonds. The molecule has 1 unspecified atom stereocenters. The van der Waals surface area contributed by atoms with Crippen molar-refractivity contribution in [1.82, 2.24) is 0 Å². The van der Waals surface area contributed by atoms with E-state index in [4.69, 9.17) is 11.6 Å². The molecule has 0 aliphatic heterocycles. The standard InChI is InChI=1S/C18H21Cl/c1-13(2)16-7-4-6-15(11-16)10-14(3)17-8-5-9-18(19)12-17/h4-9,11-14H,10H2,1-3H3. The normalized spacial score (nSPS) is 12.7. The van der Waals surface area contributed by atoms with Gasteiger partial charge in [0.2, 0.25) is 0 Å². The van der Waals surface area contributed by atoms with Gasteiger partial charge in [-0.25, -0.2) is 0 Å². The van der Waals surface area contributed by atoms with Crippen molar-refractivity contribution in [3.8, 4) is 0 Å². The van der Waals surface area contributed by atoms with Crippen LogP contribution >= 0.6 is 11.6 Å². The SMILES string of the molecule is CC(C)c1cccc(CC(C)c2cccc(Cl)c2)c1. The summed E-state index contributed by atoms with van der Waals surface area (Å²) in [6.07, 6.45) is 1.06. The highest BCUT2D eigenvalue weighted by Gasteiger charge is 2.08. The molecule has 0 spiro atoms. The van der Waals surface area contributed by atoms with Crippen molar-refractivity contribution in [3.05, 3.63) is 70.2 Å². The molecule has 2 aromatic rings. The Bertz CT molecular complexity index is 543. The van der Waals surface area contributed by atoms with E-state index in [1.807, 2.05) is 12.1 Å². The van der Waals surface area contributed by atoms with Gasteiger partial charge in [-0.15, -0.1) is 0 Å². The predicted octanol–water partition coefficient (Wildman–Crippen LogP) is 5.81. The van der Waals surface area contributed by atoms with E-state index in [9.17, 15) is 0 Å². The fourth-order valence-electron chi connectivity index (χ4n) is 2.36. The third kappa shape index (κ3) is 3.84. The van der Waals surface area contributed by atoms with Crippen molar-refractivity contribution in [3.63, 3.8) is 0 Å². The number of rotatable bonds is 4. The lowest BCUT2D eigenvalue weighted by atomic mass is 9.92. The summed E-state index contributed by atoms with van der Waals surface area (Å²) in [6.45, 7) is 6.73. The molecule has 19 heavy (non-hydrogen) atoms. The first-order chi connectivity index (χ1) is 9.06. The molecule has 0 N–H and O–H groups in total. The molecule has 0 aromatic heterocycles. The first kappa shape index (κ1) is 14.1. The molecule has 2 aromatic carbocycles. The fraction of sp³-hybridized carbons (Fsp3) is 0.333. The molecule has 0 heterocycles. The Balaban J connectivity index is 2.14. The van der Waals surface area contributed by atoms with Crippen LogP contribution in [0, 0.1) is 0 Å². The Kier molecular flexibility index (Phi) is 4.66. The Morgan fingerprint density at radius 1 is 0.895 bits per heavy atom. The zero-order chi connectivity index (χ0) is 13.8. The molecule has 0 aliphatic rings. The third-order valence-corrected chi connectivity index (χ3v) is 3.81. The summed E-state index contributed by atoms with van der Waals surface area (Å²) in [5, 5.41) is 0.820. The maximum absolute atomic E-state index is 6.06. The largest absolute Gasteiger partial charge is 0.0843 e. The summed E-state index contributed by atoms with van der Waals surface area (Å²) in [4.78, 5) is 0. The van der Waals surface area contributed by atoms with E-state index in [0.29, 0.717) is 11.8 Å². The van der Waals surface area contributed by atoms with Crippen molar-refractivity contribution >= 4 is 11.6 Å². The van der Waals surface area contributed by atoms with E-state index in [-0.39, 0.29) is 0 Å². The molecule has 0 radical (unpaired) electrons. The summed E-state index contributed by atoms with van der Waals surface area (Å²) in [5.41, 5.74) is 4.12. The second-order valence-electron chi connectivity index (χ2n) is 5.56. The average Bonchev–Trinajstić information content (AvgIpc) is 2.39. The average molecular weight is 273 g/mol. The molecule has 0 nitrogen and oxygen atoms in total. The second-order valence-corrected chi connectivity index (χ2v) is 6.00. The van der Waals surface area contributed by atoms with Gasteiger partial charge in [-0.3, -0.25) is 0 Å². The monoisotopic (exact) mass is 272 g/mol. The summed E-state index contributed by atoms with van der Waals surface area (Å²) >= 11 is 6.06. The second kappa shape index (κ2) is 6.25. The lowest BCUT2D eigenvalue weighted by Gasteiger charge is -2.14. The molecular formula is C18H21Cl. The molecule has 1 atom stereocenters. The van der Waals surface area contributed by atoms with Crippen molar-refractivity contribution in [2.24, 2.45) is 0 Å². The van der Waals surface area contributed by atoms with Crippen molar-refractivity contribution < 1.29 is 0 Å². The van der Waals surface area contributed by atoms with Gasteiger partial charge in [0.1, 0.15) is 0 Å². The lowest BCUT2D eigenvalue weighted by molar-refractivity contribution is 0.755. The summed E-state index contributed by atoms with van der Waals surface area (Å²) in [6, 6.07) is 17.1. The summed E-state index contributed by atoms with van der Waals surface area (Å²) < 4.78 is 0. The van der Waals surface area contributed by atoms with Crippen LogP contribution in [0.5, 0.6) is 0 Å². The molecular weight excluding hydrogens is 252 g/mol. The highest BCUT2D eigenvalue weighted by molar-refractivity contribution is 6.30. The number of halogens is 1. The Morgan fingerprint density at radius 2 is 1.58 bits per heavy atom. The first-order valence-electron chi connectivity index (χ1n) is 6.90. The molecule has 0 fully saturated rings. The van der Waals surface area contributed by atoms with Gasteiger partial charge in [-0.05, 0) is 47.1 Å². The van der Waals surface area contributed by atoms with Crippen molar-refractivity contribution in [2.45, 2.75) is 39.0 Å². The molecule has 0 aliphatic carbocycles. The van der Waals surface area contributed by atoms with Gasteiger partial charge in [0.25, 0.3) is 0 Å². The molecule has 0 saturated carbocycles. The van der Waals surface area contributed by atoms with Crippen LogP contribution in [0.3, 0.4) is 0 Å². The summed E-state index contributed by atoms with van der Waals surface area (Å²) in [5.74, 6) is 1.07. The lowest BCUT2D eigenvalue weighted by Crippen LogP contribution is -1.99. The highest BCUT2D eigenvalue weighted by atomic mass is 35.5. The maximum atomic E-state index is 6.06. The van der Waals surface area contributed by atoms with Crippen molar-refractivity contribution in [1.29, 1.82) is 0 Å². The number of benzene rings is 2. The van der Waals surface area contributed by atoms with Gasteiger partial charge in [-0.1, -0.05) is 68.8 Å². The maximum Gasteiger partial charge on any atom is 0.0408 e. The minimum atomic E-state index is 0.487. The Hall–Kier alpha value is -1.27. The number of hydrogen-bond acceptors (Lipinski definition) is 0. The quantitative estimate of drug-likeness (QED) is 0.659. The van der Waals surface area contributed by atoms with Gasteiger partial charge in [0, 0.05) is 5.02 Å². The first-order valence-corrected chi connectivity index (χ1v) is 7.28. The molecule has 0 bridgehead atoms. The van der Waals surface area contributed by atoms with E-state index in [0.717, 1.165) is 11.4 Å². The van der Waals surface area contributed by atoms with Crippen LogP contribution in [0.1, 0.15) is 49.3 Å². The van der Waals surface area contributed by atoms with E-state index >= 15 is 0 Å². The van der Waals surface area contributed by atoms with Crippen LogP contribution in [0.4, 0.5) is 0 Å². The zero-order valence-corrected chi connectivity index (χ0v) is 12.6. The van der Waals surface area contributed by atoms with Crippen LogP contribution in [0.2, 0.25) is 5.02 Å². The summed E-state index contributed by atoms with van der Waals surface area (Å²) in [7, 11) is 0. The van der Waals surface area contributed by atoms with E-state index in [1.165, 1.54) is 16.7 Å². The van der Waals surface area contributed by atoms with Gasteiger partial charge < -0.3 is 0 Å². The van der Waals surface area contributed by atoms with Crippen LogP contribution in [-0.2, 0) is 6.42 Å². The molecule has 1 heteroatoms. The molecule has 100 valence electrons. The Morgan fingerprint density at radius 3 is 2.26 bits per heavy atom. The van der Waals surface area contributed by atoms with Gasteiger partial charge >= 0.3 is 0 Å². The van der Waals surface area contributed by atoms with Crippen LogP contribution in [0.15, 0.2) is 48.5 Å². The minimum absolute atomic E-state index is 0.487. The number of hydrogen-bond donors (Lipinski definition) is 0. The van der Waals surface area contributed by atoms with Gasteiger partial charge in [0.15, 0.2) is 0 Å². The topological polar surface area (TPSA) is 0 Å². The van der Waals surface area contributed by atoms with E-state index in [1.54, 1.807) is 0 Å². The smallest absolute Gasteiger partial charge is 0.0408 e. The molecule has 2 rings (SSSR count). The Labute approximate surface area is 121 Å². The third-order valence-electron chi connectivity index (χ3n) is 3.58.